The van der Waals surface area contributed by atoms with Gasteiger partial charge in [-0.2, -0.15) is 11.8 Å². The number of hydrogen-bond acceptors (Lipinski definition) is 4. The molecule has 3 fully saturated rings. The summed E-state index contributed by atoms with van der Waals surface area (Å²) in [5.41, 5.74) is 0.144. The van der Waals surface area contributed by atoms with Crippen molar-refractivity contribution in [2.75, 3.05) is 37.9 Å². The Kier molecular flexibility index (Phi) is 3.95. The third-order valence-corrected chi connectivity index (χ3v) is 5.48. The number of morpholine rings is 1. The van der Waals surface area contributed by atoms with Gasteiger partial charge in [-0.1, -0.05) is 0 Å². The Labute approximate surface area is 108 Å². The van der Waals surface area contributed by atoms with Crippen LogP contribution in [-0.4, -0.2) is 49.5 Å². The molecule has 1 atom stereocenters. The third-order valence-electron chi connectivity index (χ3n) is 4.50. The molecule has 1 unspecified atom stereocenters. The first kappa shape index (κ1) is 12.3. The Morgan fingerprint density at radius 3 is 2.59 bits per heavy atom. The van der Waals surface area contributed by atoms with E-state index in [4.69, 9.17) is 9.47 Å². The number of rotatable bonds is 1. The lowest BCUT2D eigenvalue weighted by molar-refractivity contribution is -0.124. The van der Waals surface area contributed by atoms with Gasteiger partial charge in [0, 0.05) is 25.8 Å². The van der Waals surface area contributed by atoms with E-state index in [0.29, 0.717) is 6.04 Å². The Hall–Kier alpha value is 0.230. The molecule has 3 aliphatic heterocycles. The number of hydrogen-bond donors (Lipinski definition) is 1. The van der Waals surface area contributed by atoms with Gasteiger partial charge in [0.05, 0.1) is 12.2 Å². The van der Waals surface area contributed by atoms with Gasteiger partial charge in [-0.3, -0.25) is 0 Å². The fourth-order valence-electron chi connectivity index (χ4n) is 3.56. The van der Waals surface area contributed by atoms with E-state index in [9.17, 15) is 0 Å². The first-order valence-electron chi connectivity index (χ1n) is 6.94. The van der Waals surface area contributed by atoms with Gasteiger partial charge in [-0.15, -0.1) is 0 Å². The molecule has 0 aliphatic carbocycles. The van der Waals surface area contributed by atoms with Crippen LogP contribution in [-0.2, 0) is 9.47 Å². The molecular weight excluding hydrogens is 234 g/mol. The van der Waals surface area contributed by atoms with Crippen LogP contribution >= 0.6 is 11.8 Å². The summed E-state index contributed by atoms with van der Waals surface area (Å²) >= 11 is 2.08. The highest BCUT2D eigenvalue weighted by molar-refractivity contribution is 7.99. The summed E-state index contributed by atoms with van der Waals surface area (Å²) in [5, 5.41) is 3.76. The normalized spacial score (nSPS) is 34.9. The predicted octanol–water partition coefficient (Wildman–Crippen LogP) is 1.67. The molecule has 3 heterocycles. The largest absolute Gasteiger partial charge is 0.381 e. The zero-order valence-corrected chi connectivity index (χ0v) is 11.3. The minimum absolute atomic E-state index is 0.144. The molecule has 4 heteroatoms. The topological polar surface area (TPSA) is 30.5 Å². The molecule has 3 saturated heterocycles. The van der Waals surface area contributed by atoms with Crippen molar-refractivity contribution >= 4 is 11.8 Å². The molecule has 17 heavy (non-hydrogen) atoms. The maximum absolute atomic E-state index is 6.26. The highest BCUT2D eigenvalue weighted by atomic mass is 32.2. The number of nitrogens with one attached hydrogen (secondary N) is 1. The average molecular weight is 257 g/mol. The molecule has 3 rings (SSSR count). The quantitative estimate of drug-likeness (QED) is 0.774. The molecule has 1 N–H and O–H groups in total. The molecule has 1 spiro atoms. The molecule has 0 aromatic heterocycles. The Morgan fingerprint density at radius 1 is 1.06 bits per heavy atom. The van der Waals surface area contributed by atoms with Crippen molar-refractivity contribution < 1.29 is 9.47 Å². The Bertz CT molecular complexity index is 242. The van der Waals surface area contributed by atoms with E-state index in [1.807, 2.05) is 0 Å². The molecule has 3 nitrogen and oxygen atoms in total. The standard InChI is InChI=1S/C13H23NO2S/c1-6-15-7-2-11(1)12-13(16-8-5-14-12)3-9-17-10-4-13/h11-12,14H,1-10H2. The third kappa shape index (κ3) is 2.50. The van der Waals surface area contributed by atoms with Crippen molar-refractivity contribution in [1.29, 1.82) is 0 Å². The summed E-state index contributed by atoms with van der Waals surface area (Å²) in [7, 11) is 0. The van der Waals surface area contributed by atoms with Gasteiger partial charge in [0.15, 0.2) is 0 Å². The second-order valence-corrected chi connectivity index (χ2v) is 6.63. The van der Waals surface area contributed by atoms with Gasteiger partial charge in [-0.25, -0.2) is 0 Å². The van der Waals surface area contributed by atoms with E-state index in [1.54, 1.807) is 0 Å². The SMILES string of the molecule is C1COC2(CCSCC2)C(C2CCOCC2)N1. The summed E-state index contributed by atoms with van der Waals surface area (Å²) in [6, 6.07) is 0.570. The monoisotopic (exact) mass is 257 g/mol. The van der Waals surface area contributed by atoms with Crippen LogP contribution in [0.1, 0.15) is 25.7 Å². The van der Waals surface area contributed by atoms with Crippen molar-refractivity contribution in [3.05, 3.63) is 0 Å². The molecule has 0 saturated carbocycles. The summed E-state index contributed by atoms with van der Waals surface area (Å²) < 4.78 is 11.7. The summed E-state index contributed by atoms with van der Waals surface area (Å²) in [6.07, 6.45) is 4.87. The smallest absolute Gasteiger partial charge is 0.0853 e. The van der Waals surface area contributed by atoms with Crippen LogP contribution in [0.15, 0.2) is 0 Å². The van der Waals surface area contributed by atoms with Gasteiger partial charge < -0.3 is 14.8 Å². The van der Waals surface area contributed by atoms with E-state index < -0.39 is 0 Å². The second-order valence-electron chi connectivity index (χ2n) is 5.41. The zero-order chi connectivity index (χ0) is 11.6. The fourth-order valence-corrected chi connectivity index (χ4v) is 4.75. The van der Waals surface area contributed by atoms with Gasteiger partial charge >= 0.3 is 0 Å². The minimum Gasteiger partial charge on any atom is -0.381 e. The molecule has 98 valence electrons. The van der Waals surface area contributed by atoms with Crippen LogP contribution in [0.25, 0.3) is 0 Å². The van der Waals surface area contributed by atoms with Crippen molar-refractivity contribution in [3.8, 4) is 0 Å². The van der Waals surface area contributed by atoms with E-state index in [0.717, 1.165) is 32.3 Å². The fraction of sp³-hybridized carbons (Fsp3) is 1.00. The van der Waals surface area contributed by atoms with Gasteiger partial charge in [-0.05, 0) is 43.1 Å². The van der Waals surface area contributed by atoms with Crippen LogP contribution in [0.2, 0.25) is 0 Å². The van der Waals surface area contributed by atoms with Crippen LogP contribution in [0, 0.1) is 5.92 Å². The van der Waals surface area contributed by atoms with Gasteiger partial charge in [0.2, 0.25) is 0 Å². The Balaban J connectivity index is 1.73. The van der Waals surface area contributed by atoms with Gasteiger partial charge in [0.25, 0.3) is 0 Å². The number of thioether (sulfide) groups is 1. The summed E-state index contributed by atoms with van der Waals surface area (Å²) in [4.78, 5) is 0. The maximum Gasteiger partial charge on any atom is 0.0853 e. The number of ether oxygens (including phenoxy) is 2. The van der Waals surface area contributed by atoms with Crippen molar-refractivity contribution in [2.24, 2.45) is 5.92 Å². The molecule has 0 aromatic rings. The van der Waals surface area contributed by atoms with E-state index in [-0.39, 0.29) is 5.60 Å². The average Bonchev–Trinajstić information content (AvgIpc) is 2.41. The highest BCUT2D eigenvalue weighted by Crippen LogP contribution is 2.39. The Morgan fingerprint density at radius 2 is 1.82 bits per heavy atom. The first-order chi connectivity index (χ1) is 8.41. The first-order valence-corrected chi connectivity index (χ1v) is 8.09. The van der Waals surface area contributed by atoms with Crippen molar-refractivity contribution in [1.82, 2.24) is 5.32 Å². The van der Waals surface area contributed by atoms with Crippen LogP contribution in [0.5, 0.6) is 0 Å². The molecule has 0 aromatic carbocycles. The zero-order valence-electron chi connectivity index (χ0n) is 10.5. The maximum atomic E-state index is 6.26. The minimum atomic E-state index is 0.144. The van der Waals surface area contributed by atoms with Crippen molar-refractivity contribution in [3.63, 3.8) is 0 Å². The van der Waals surface area contributed by atoms with E-state index in [1.165, 1.54) is 37.2 Å². The lowest BCUT2D eigenvalue weighted by Crippen LogP contribution is -2.62. The predicted molar refractivity (Wildman–Crippen MR) is 70.6 cm³/mol. The molecule has 0 bridgehead atoms. The lowest BCUT2D eigenvalue weighted by Gasteiger charge is -2.50. The summed E-state index contributed by atoms with van der Waals surface area (Å²) in [5.74, 6) is 3.29. The van der Waals surface area contributed by atoms with Crippen LogP contribution in [0.4, 0.5) is 0 Å². The van der Waals surface area contributed by atoms with Crippen LogP contribution < -0.4 is 5.32 Å². The lowest BCUT2D eigenvalue weighted by atomic mass is 9.76. The molecule has 3 aliphatic rings. The van der Waals surface area contributed by atoms with Gasteiger partial charge in [0.1, 0.15) is 0 Å². The second kappa shape index (κ2) is 5.47. The molecule has 0 radical (unpaired) electrons. The van der Waals surface area contributed by atoms with Crippen LogP contribution in [0.3, 0.4) is 0 Å². The molecule has 0 amide bonds. The molecular formula is C13H23NO2S. The summed E-state index contributed by atoms with van der Waals surface area (Å²) in [6.45, 7) is 3.79. The highest BCUT2D eigenvalue weighted by Gasteiger charge is 2.46. The van der Waals surface area contributed by atoms with E-state index in [2.05, 4.69) is 17.1 Å². The van der Waals surface area contributed by atoms with Crippen molar-refractivity contribution in [2.45, 2.75) is 37.3 Å². The van der Waals surface area contributed by atoms with E-state index >= 15 is 0 Å².